The molecule has 0 aromatic heterocycles. The van der Waals surface area contributed by atoms with E-state index in [1.807, 2.05) is 19.0 Å². The zero-order valence-electron chi connectivity index (χ0n) is 10.5. The van der Waals surface area contributed by atoms with E-state index in [9.17, 15) is 0 Å². The Labute approximate surface area is 94.4 Å². The van der Waals surface area contributed by atoms with Crippen molar-refractivity contribution in [3.8, 4) is 0 Å². The van der Waals surface area contributed by atoms with Gasteiger partial charge in [-0.1, -0.05) is 13.3 Å². The van der Waals surface area contributed by atoms with Crippen molar-refractivity contribution in [2.75, 3.05) is 27.2 Å². The molecule has 0 aromatic rings. The number of nitrogens with one attached hydrogen (secondary N) is 1. The molecule has 0 bridgehead atoms. The largest absolute Gasteiger partial charge is 0.328 e. The van der Waals surface area contributed by atoms with E-state index in [0.717, 1.165) is 32.4 Å². The second kappa shape index (κ2) is 9.09. The second-order valence-corrected chi connectivity index (χ2v) is 4.41. The first-order valence-electron chi connectivity index (χ1n) is 5.96. The summed E-state index contributed by atoms with van der Waals surface area (Å²) in [4.78, 5) is 2.03. The number of nitrogens with zero attached hydrogens (tertiary/aromatic N) is 1. The molecule has 0 radical (unpaired) electrons. The van der Waals surface area contributed by atoms with Gasteiger partial charge in [0, 0.05) is 6.04 Å². The maximum absolute atomic E-state index is 5.90. The van der Waals surface area contributed by atoms with Crippen LogP contribution in [0.3, 0.4) is 0 Å². The Kier molecular flexibility index (Phi) is 9.00. The normalized spacial score (nSPS) is 15.6. The van der Waals surface area contributed by atoms with Crippen LogP contribution in [0.2, 0.25) is 0 Å². The minimum Gasteiger partial charge on any atom is -0.328 e. The summed E-state index contributed by atoms with van der Waals surface area (Å²) >= 11 is 0. The summed E-state index contributed by atoms with van der Waals surface area (Å²) in [6.07, 6.45) is 4.49. The van der Waals surface area contributed by atoms with E-state index in [-0.39, 0.29) is 6.17 Å². The first kappa shape index (κ1) is 14.8. The Balaban J connectivity index is 3.24. The monoisotopic (exact) mass is 216 g/mol. The number of rotatable bonds is 9. The maximum Gasteiger partial charge on any atom is 0.0578 e. The standard InChI is InChI=1S/C11H28N4/c1-4-5-10(12)6-8-14-9-7-11(13)15(2)3/h10-11,14H,4-9,12-13H2,1-3H3. The van der Waals surface area contributed by atoms with E-state index in [1.165, 1.54) is 6.42 Å². The summed E-state index contributed by atoms with van der Waals surface area (Å²) in [5.74, 6) is 0. The van der Waals surface area contributed by atoms with Crippen molar-refractivity contribution < 1.29 is 0 Å². The average Bonchev–Trinajstić information content (AvgIpc) is 2.17. The van der Waals surface area contributed by atoms with Crippen LogP contribution >= 0.6 is 0 Å². The lowest BCUT2D eigenvalue weighted by atomic mass is 10.1. The fraction of sp³-hybridized carbons (Fsp3) is 1.00. The first-order valence-corrected chi connectivity index (χ1v) is 5.96. The number of hydrogen-bond acceptors (Lipinski definition) is 4. The molecule has 2 unspecified atom stereocenters. The Morgan fingerprint density at radius 2 is 1.67 bits per heavy atom. The van der Waals surface area contributed by atoms with Crippen molar-refractivity contribution in [3.05, 3.63) is 0 Å². The Bertz CT molecular complexity index is 139. The third kappa shape index (κ3) is 8.81. The van der Waals surface area contributed by atoms with Gasteiger partial charge < -0.3 is 16.8 Å². The van der Waals surface area contributed by atoms with Crippen molar-refractivity contribution in [2.24, 2.45) is 11.5 Å². The van der Waals surface area contributed by atoms with Crippen molar-refractivity contribution >= 4 is 0 Å². The second-order valence-electron chi connectivity index (χ2n) is 4.41. The molecule has 4 nitrogen and oxygen atoms in total. The molecular weight excluding hydrogens is 188 g/mol. The molecular formula is C11H28N4. The van der Waals surface area contributed by atoms with Gasteiger partial charge in [0.15, 0.2) is 0 Å². The predicted molar refractivity (Wildman–Crippen MR) is 66.6 cm³/mol. The van der Waals surface area contributed by atoms with Gasteiger partial charge in [-0.15, -0.1) is 0 Å². The molecule has 0 heterocycles. The van der Waals surface area contributed by atoms with Gasteiger partial charge in [0.1, 0.15) is 0 Å². The van der Waals surface area contributed by atoms with E-state index in [1.54, 1.807) is 0 Å². The average molecular weight is 216 g/mol. The van der Waals surface area contributed by atoms with E-state index in [4.69, 9.17) is 11.5 Å². The van der Waals surface area contributed by atoms with Crippen molar-refractivity contribution in [2.45, 2.75) is 44.8 Å². The molecule has 5 N–H and O–H groups in total. The van der Waals surface area contributed by atoms with Crippen LogP contribution in [0.15, 0.2) is 0 Å². The maximum atomic E-state index is 5.90. The smallest absolute Gasteiger partial charge is 0.0578 e. The minimum atomic E-state index is 0.154. The van der Waals surface area contributed by atoms with Crippen LogP contribution in [0.5, 0.6) is 0 Å². The zero-order valence-corrected chi connectivity index (χ0v) is 10.5. The van der Waals surface area contributed by atoms with Crippen molar-refractivity contribution in [3.63, 3.8) is 0 Å². The van der Waals surface area contributed by atoms with Gasteiger partial charge in [0.2, 0.25) is 0 Å². The summed E-state index contributed by atoms with van der Waals surface area (Å²) in [7, 11) is 4.00. The molecule has 15 heavy (non-hydrogen) atoms. The highest BCUT2D eigenvalue weighted by Gasteiger charge is 2.04. The SMILES string of the molecule is CCCC(N)CCNCCC(N)N(C)C. The summed E-state index contributed by atoms with van der Waals surface area (Å²) < 4.78 is 0. The molecule has 0 amide bonds. The molecule has 0 rings (SSSR count). The third-order valence-electron chi connectivity index (χ3n) is 2.63. The molecule has 0 saturated heterocycles. The lowest BCUT2D eigenvalue weighted by Gasteiger charge is -2.19. The predicted octanol–water partition coefficient (Wildman–Crippen LogP) is 0.330. The highest BCUT2D eigenvalue weighted by Crippen LogP contribution is 1.97. The minimum absolute atomic E-state index is 0.154. The molecule has 0 aliphatic carbocycles. The number of nitrogens with two attached hydrogens (primary N) is 2. The van der Waals surface area contributed by atoms with Crippen LogP contribution in [0, 0.1) is 0 Å². The van der Waals surface area contributed by atoms with Crippen LogP contribution in [0.1, 0.15) is 32.6 Å². The van der Waals surface area contributed by atoms with E-state index >= 15 is 0 Å². The van der Waals surface area contributed by atoms with Crippen LogP contribution in [0.25, 0.3) is 0 Å². The van der Waals surface area contributed by atoms with Gasteiger partial charge in [-0.3, -0.25) is 4.90 Å². The summed E-state index contributed by atoms with van der Waals surface area (Å²) in [6.45, 7) is 4.14. The highest BCUT2D eigenvalue weighted by atomic mass is 15.2. The molecule has 4 heteroatoms. The summed E-state index contributed by atoms with van der Waals surface area (Å²) in [5.41, 5.74) is 11.8. The van der Waals surface area contributed by atoms with E-state index in [2.05, 4.69) is 12.2 Å². The molecule has 0 fully saturated rings. The lowest BCUT2D eigenvalue weighted by Crippen LogP contribution is -2.39. The fourth-order valence-corrected chi connectivity index (χ4v) is 1.44. The number of hydrogen-bond donors (Lipinski definition) is 3. The third-order valence-corrected chi connectivity index (χ3v) is 2.63. The van der Waals surface area contributed by atoms with Crippen molar-refractivity contribution in [1.82, 2.24) is 10.2 Å². The van der Waals surface area contributed by atoms with Gasteiger partial charge in [-0.05, 0) is 46.4 Å². The summed E-state index contributed by atoms with van der Waals surface area (Å²) in [6, 6.07) is 0.352. The highest BCUT2D eigenvalue weighted by molar-refractivity contribution is 4.64. The topological polar surface area (TPSA) is 67.3 Å². The molecule has 0 aliphatic rings. The Morgan fingerprint density at radius 1 is 1.07 bits per heavy atom. The van der Waals surface area contributed by atoms with Crippen LogP contribution < -0.4 is 16.8 Å². The van der Waals surface area contributed by atoms with Gasteiger partial charge in [0.25, 0.3) is 0 Å². The molecule has 2 atom stereocenters. The van der Waals surface area contributed by atoms with Gasteiger partial charge in [-0.25, -0.2) is 0 Å². The Hall–Kier alpha value is -0.160. The van der Waals surface area contributed by atoms with Gasteiger partial charge >= 0.3 is 0 Å². The molecule has 92 valence electrons. The van der Waals surface area contributed by atoms with E-state index in [0.29, 0.717) is 6.04 Å². The quantitative estimate of drug-likeness (QED) is 0.384. The van der Waals surface area contributed by atoms with Crippen LogP contribution in [0.4, 0.5) is 0 Å². The first-order chi connectivity index (χ1) is 7.07. The van der Waals surface area contributed by atoms with Gasteiger partial charge in [0.05, 0.1) is 6.17 Å². The zero-order chi connectivity index (χ0) is 11.7. The molecule has 0 aromatic carbocycles. The molecule has 0 spiro atoms. The van der Waals surface area contributed by atoms with Gasteiger partial charge in [-0.2, -0.15) is 0 Å². The molecule has 0 saturated carbocycles. The lowest BCUT2D eigenvalue weighted by molar-refractivity contribution is 0.282. The molecule has 0 aliphatic heterocycles. The van der Waals surface area contributed by atoms with E-state index < -0.39 is 0 Å². The summed E-state index contributed by atoms with van der Waals surface area (Å²) in [5, 5.41) is 3.37. The fourth-order valence-electron chi connectivity index (χ4n) is 1.44. The van der Waals surface area contributed by atoms with Crippen LogP contribution in [-0.2, 0) is 0 Å². The van der Waals surface area contributed by atoms with Crippen LogP contribution in [-0.4, -0.2) is 44.3 Å². The van der Waals surface area contributed by atoms with Crippen molar-refractivity contribution in [1.29, 1.82) is 0 Å². The Morgan fingerprint density at radius 3 is 2.20 bits per heavy atom.